The third-order valence-electron chi connectivity index (χ3n) is 3.24. The number of esters is 1. The fourth-order valence-electron chi connectivity index (χ4n) is 2.02. The Morgan fingerprint density at radius 2 is 1.68 bits per heavy atom. The van der Waals surface area contributed by atoms with Gasteiger partial charge in [0.05, 0.1) is 17.9 Å². The minimum absolute atomic E-state index is 0.0755. The van der Waals surface area contributed by atoms with Crippen LogP contribution in [0.1, 0.15) is 22.8 Å². The molecule has 0 fully saturated rings. The van der Waals surface area contributed by atoms with Crippen LogP contribution in [-0.2, 0) is 20.9 Å². The molecule has 0 bridgehead atoms. The van der Waals surface area contributed by atoms with E-state index in [1.54, 1.807) is 19.1 Å². The normalized spacial score (nSPS) is 10.0. The standard InChI is InChI=1S/C18H17FN2O4/c1-2-25-18(24)14-5-3-4-6-15(14)21-17(23)16(22)20-11-12-7-9-13(19)10-8-12/h3-10H,2,11H2,1H3,(H,20,22)(H,21,23). The van der Waals surface area contributed by atoms with Gasteiger partial charge in [0.1, 0.15) is 5.82 Å². The van der Waals surface area contributed by atoms with Gasteiger partial charge in [-0.1, -0.05) is 24.3 Å². The van der Waals surface area contributed by atoms with E-state index in [4.69, 9.17) is 4.74 Å². The van der Waals surface area contributed by atoms with Crippen molar-refractivity contribution in [3.05, 3.63) is 65.5 Å². The number of benzene rings is 2. The van der Waals surface area contributed by atoms with Crippen molar-refractivity contribution in [2.45, 2.75) is 13.5 Å². The second-order valence-electron chi connectivity index (χ2n) is 5.03. The molecule has 0 atom stereocenters. The molecule has 2 amide bonds. The van der Waals surface area contributed by atoms with Gasteiger partial charge in [0.2, 0.25) is 0 Å². The molecular weight excluding hydrogens is 327 g/mol. The van der Waals surface area contributed by atoms with Crippen LogP contribution in [0.5, 0.6) is 0 Å². The van der Waals surface area contributed by atoms with Crippen LogP contribution < -0.4 is 10.6 Å². The third-order valence-corrected chi connectivity index (χ3v) is 3.24. The third kappa shape index (κ3) is 5.13. The van der Waals surface area contributed by atoms with E-state index in [1.807, 2.05) is 0 Å². The Bertz CT molecular complexity index is 775. The first kappa shape index (κ1) is 18.1. The number of nitrogens with one attached hydrogen (secondary N) is 2. The van der Waals surface area contributed by atoms with E-state index in [2.05, 4.69) is 10.6 Å². The molecule has 130 valence electrons. The summed E-state index contributed by atoms with van der Waals surface area (Å²) in [5, 5.41) is 4.81. The quantitative estimate of drug-likeness (QED) is 0.644. The van der Waals surface area contributed by atoms with Crippen LogP contribution in [-0.4, -0.2) is 24.4 Å². The highest BCUT2D eigenvalue weighted by Gasteiger charge is 2.18. The molecule has 0 aliphatic rings. The van der Waals surface area contributed by atoms with Crippen molar-refractivity contribution in [1.82, 2.24) is 5.32 Å². The van der Waals surface area contributed by atoms with Crippen LogP contribution in [0.25, 0.3) is 0 Å². The second-order valence-corrected chi connectivity index (χ2v) is 5.03. The molecule has 0 aliphatic carbocycles. The fourth-order valence-corrected chi connectivity index (χ4v) is 2.02. The number of carbonyl (C=O) groups excluding carboxylic acids is 3. The van der Waals surface area contributed by atoms with E-state index >= 15 is 0 Å². The molecular formula is C18H17FN2O4. The molecule has 0 unspecified atom stereocenters. The molecule has 0 heterocycles. The van der Waals surface area contributed by atoms with E-state index in [-0.39, 0.29) is 30.2 Å². The number of halogens is 1. The van der Waals surface area contributed by atoms with Crippen molar-refractivity contribution < 1.29 is 23.5 Å². The maximum absolute atomic E-state index is 12.8. The molecule has 2 N–H and O–H groups in total. The monoisotopic (exact) mass is 344 g/mol. The molecule has 0 radical (unpaired) electrons. The minimum Gasteiger partial charge on any atom is -0.462 e. The average molecular weight is 344 g/mol. The highest BCUT2D eigenvalue weighted by atomic mass is 19.1. The zero-order valence-electron chi connectivity index (χ0n) is 13.5. The molecule has 0 saturated carbocycles. The van der Waals surface area contributed by atoms with Crippen LogP contribution in [0, 0.1) is 5.82 Å². The molecule has 2 rings (SSSR count). The summed E-state index contributed by atoms with van der Waals surface area (Å²) >= 11 is 0. The SMILES string of the molecule is CCOC(=O)c1ccccc1NC(=O)C(=O)NCc1ccc(F)cc1. The molecule has 6 nitrogen and oxygen atoms in total. The maximum atomic E-state index is 12.8. The molecule has 0 aromatic heterocycles. The first-order chi connectivity index (χ1) is 12.0. The molecule has 2 aromatic carbocycles. The Morgan fingerprint density at radius 1 is 1.00 bits per heavy atom. The van der Waals surface area contributed by atoms with Gasteiger partial charge in [-0.3, -0.25) is 9.59 Å². The summed E-state index contributed by atoms with van der Waals surface area (Å²) in [5.74, 6) is -2.77. The summed E-state index contributed by atoms with van der Waals surface area (Å²) < 4.78 is 17.7. The lowest BCUT2D eigenvalue weighted by Gasteiger charge is -2.10. The number of carbonyl (C=O) groups is 3. The van der Waals surface area contributed by atoms with E-state index in [1.165, 1.54) is 36.4 Å². The first-order valence-corrected chi connectivity index (χ1v) is 7.61. The zero-order chi connectivity index (χ0) is 18.2. The summed E-state index contributed by atoms with van der Waals surface area (Å²) in [7, 11) is 0. The fraction of sp³-hybridized carbons (Fsp3) is 0.167. The summed E-state index contributed by atoms with van der Waals surface area (Å²) in [6.45, 7) is 1.94. The summed E-state index contributed by atoms with van der Waals surface area (Å²) in [6, 6.07) is 11.8. The summed E-state index contributed by atoms with van der Waals surface area (Å²) in [4.78, 5) is 35.7. The maximum Gasteiger partial charge on any atom is 0.340 e. The van der Waals surface area contributed by atoms with Crippen molar-refractivity contribution in [3.8, 4) is 0 Å². The summed E-state index contributed by atoms with van der Waals surface area (Å²) in [6.07, 6.45) is 0. The van der Waals surface area contributed by atoms with Gasteiger partial charge < -0.3 is 15.4 Å². The van der Waals surface area contributed by atoms with Crippen molar-refractivity contribution >= 4 is 23.5 Å². The molecule has 25 heavy (non-hydrogen) atoms. The number of rotatable bonds is 5. The van der Waals surface area contributed by atoms with Crippen LogP contribution in [0.15, 0.2) is 48.5 Å². The number of para-hydroxylation sites is 1. The number of ether oxygens (including phenoxy) is 1. The van der Waals surface area contributed by atoms with Crippen LogP contribution in [0.3, 0.4) is 0 Å². The van der Waals surface area contributed by atoms with E-state index in [0.29, 0.717) is 5.56 Å². The van der Waals surface area contributed by atoms with Crippen LogP contribution in [0.4, 0.5) is 10.1 Å². The molecule has 0 saturated heterocycles. The highest BCUT2D eigenvalue weighted by Crippen LogP contribution is 2.16. The van der Waals surface area contributed by atoms with Gasteiger partial charge in [-0.15, -0.1) is 0 Å². The number of amides is 2. The second kappa shape index (κ2) is 8.58. The number of hydrogen-bond acceptors (Lipinski definition) is 4. The Balaban J connectivity index is 1.98. The van der Waals surface area contributed by atoms with Gasteiger partial charge in [0.25, 0.3) is 0 Å². The lowest BCUT2D eigenvalue weighted by Crippen LogP contribution is -2.35. The van der Waals surface area contributed by atoms with Crippen LogP contribution >= 0.6 is 0 Å². The first-order valence-electron chi connectivity index (χ1n) is 7.61. The van der Waals surface area contributed by atoms with Crippen molar-refractivity contribution in [1.29, 1.82) is 0 Å². The lowest BCUT2D eigenvalue weighted by atomic mass is 10.2. The predicted octanol–water partition coefficient (Wildman–Crippen LogP) is 2.26. The van der Waals surface area contributed by atoms with Crippen LogP contribution in [0.2, 0.25) is 0 Å². The van der Waals surface area contributed by atoms with Gasteiger partial charge in [-0.05, 0) is 36.8 Å². The van der Waals surface area contributed by atoms with E-state index < -0.39 is 17.8 Å². The van der Waals surface area contributed by atoms with Gasteiger partial charge in [0.15, 0.2) is 0 Å². The Hall–Kier alpha value is -3.22. The Labute approximate surface area is 144 Å². The van der Waals surface area contributed by atoms with Crippen molar-refractivity contribution in [3.63, 3.8) is 0 Å². The van der Waals surface area contributed by atoms with Crippen molar-refractivity contribution in [2.24, 2.45) is 0 Å². The van der Waals surface area contributed by atoms with E-state index in [9.17, 15) is 18.8 Å². The zero-order valence-corrected chi connectivity index (χ0v) is 13.5. The van der Waals surface area contributed by atoms with Gasteiger partial charge >= 0.3 is 17.8 Å². The van der Waals surface area contributed by atoms with Gasteiger partial charge in [-0.2, -0.15) is 0 Å². The minimum atomic E-state index is -0.918. The molecule has 7 heteroatoms. The van der Waals surface area contributed by atoms with Crippen molar-refractivity contribution in [2.75, 3.05) is 11.9 Å². The number of anilines is 1. The topological polar surface area (TPSA) is 84.5 Å². The summed E-state index contributed by atoms with van der Waals surface area (Å²) in [5.41, 5.74) is 0.987. The van der Waals surface area contributed by atoms with Gasteiger partial charge in [0, 0.05) is 6.54 Å². The average Bonchev–Trinajstić information content (AvgIpc) is 2.61. The number of hydrogen-bond donors (Lipinski definition) is 2. The molecule has 0 spiro atoms. The molecule has 0 aliphatic heterocycles. The smallest absolute Gasteiger partial charge is 0.340 e. The molecule has 2 aromatic rings. The Kier molecular flexibility index (Phi) is 6.22. The predicted molar refractivity (Wildman–Crippen MR) is 89.3 cm³/mol. The van der Waals surface area contributed by atoms with Gasteiger partial charge in [-0.25, -0.2) is 9.18 Å². The Morgan fingerprint density at radius 3 is 2.36 bits per heavy atom. The van der Waals surface area contributed by atoms with E-state index in [0.717, 1.165) is 0 Å². The largest absolute Gasteiger partial charge is 0.462 e. The lowest BCUT2D eigenvalue weighted by molar-refractivity contribution is -0.136. The highest BCUT2D eigenvalue weighted by molar-refractivity contribution is 6.39.